The molecule has 4 bridgehead atoms. The molecular weight excluding hydrogens is 236 g/mol. The van der Waals surface area contributed by atoms with Gasteiger partial charge in [-0.1, -0.05) is 30.3 Å². The van der Waals surface area contributed by atoms with Gasteiger partial charge in [-0.3, -0.25) is 0 Å². The summed E-state index contributed by atoms with van der Waals surface area (Å²) in [6, 6.07) is 10.6. The number of benzene rings is 1. The molecule has 0 saturated heterocycles. The molecule has 4 saturated carbocycles. The van der Waals surface area contributed by atoms with Gasteiger partial charge in [-0.25, -0.2) is 0 Å². The molecule has 4 atom stereocenters. The van der Waals surface area contributed by atoms with Crippen LogP contribution in [0, 0.1) is 17.3 Å². The van der Waals surface area contributed by atoms with Crippen molar-refractivity contribution in [3.05, 3.63) is 35.9 Å². The fourth-order valence-corrected chi connectivity index (χ4v) is 5.63. The van der Waals surface area contributed by atoms with Crippen molar-refractivity contribution in [3.63, 3.8) is 0 Å². The minimum atomic E-state index is -0.790. The first-order chi connectivity index (χ1) is 9.12. The molecule has 2 nitrogen and oxygen atoms in total. The Morgan fingerprint density at radius 2 is 1.68 bits per heavy atom. The molecular formula is C17H19O2-. The predicted molar refractivity (Wildman–Crippen MR) is 70.2 cm³/mol. The van der Waals surface area contributed by atoms with Crippen molar-refractivity contribution >= 4 is 5.97 Å². The zero-order chi connectivity index (χ0) is 13.1. The van der Waals surface area contributed by atoms with Crippen molar-refractivity contribution in [2.45, 2.75) is 43.9 Å². The van der Waals surface area contributed by atoms with E-state index in [0.717, 1.165) is 19.3 Å². The van der Waals surface area contributed by atoms with Crippen LogP contribution in [0.15, 0.2) is 30.3 Å². The average molecular weight is 255 g/mol. The summed E-state index contributed by atoms with van der Waals surface area (Å²) in [5, 5.41) is 11.7. The van der Waals surface area contributed by atoms with Crippen molar-refractivity contribution in [2.24, 2.45) is 17.3 Å². The van der Waals surface area contributed by atoms with E-state index in [4.69, 9.17) is 0 Å². The van der Waals surface area contributed by atoms with Gasteiger partial charge in [0.15, 0.2) is 0 Å². The van der Waals surface area contributed by atoms with Crippen LogP contribution in [0.4, 0.5) is 0 Å². The third kappa shape index (κ3) is 1.52. The second-order valence-electron chi connectivity index (χ2n) is 7.18. The summed E-state index contributed by atoms with van der Waals surface area (Å²) in [5.74, 6) is 0.403. The van der Waals surface area contributed by atoms with Crippen molar-refractivity contribution in [1.82, 2.24) is 0 Å². The van der Waals surface area contributed by atoms with Crippen molar-refractivity contribution < 1.29 is 9.90 Å². The SMILES string of the molecule is O=C([O-])C12C[C@H]3C[C@@H](C1)CC(c1ccccc1)(C3)C2. The molecule has 2 unspecified atom stereocenters. The first kappa shape index (κ1) is 11.5. The van der Waals surface area contributed by atoms with Crippen molar-refractivity contribution in [1.29, 1.82) is 0 Å². The maximum absolute atomic E-state index is 11.7. The number of carbonyl (C=O) groups is 1. The molecule has 4 aliphatic rings. The molecule has 0 N–H and O–H groups in total. The first-order valence-electron chi connectivity index (χ1n) is 7.39. The number of rotatable bonds is 2. The third-order valence-corrected chi connectivity index (χ3v) is 5.88. The Morgan fingerprint density at radius 1 is 1.05 bits per heavy atom. The molecule has 0 aliphatic heterocycles. The molecule has 0 radical (unpaired) electrons. The molecule has 0 spiro atoms. The fourth-order valence-electron chi connectivity index (χ4n) is 5.63. The fraction of sp³-hybridized carbons (Fsp3) is 0.588. The van der Waals surface area contributed by atoms with E-state index in [1.807, 2.05) is 6.07 Å². The molecule has 1 aromatic rings. The van der Waals surface area contributed by atoms with E-state index < -0.39 is 11.4 Å². The van der Waals surface area contributed by atoms with E-state index in [1.165, 1.54) is 24.8 Å². The van der Waals surface area contributed by atoms with Crippen LogP contribution in [0.3, 0.4) is 0 Å². The normalized spacial score (nSPS) is 43.4. The van der Waals surface area contributed by atoms with E-state index >= 15 is 0 Å². The second kappa shape index (κ2) is 3.62. The summed E-state index contributed by atoms with van der Waals surface area (Å²) < 4.78 is 0. The van der Waals surface area contributed by atoms with Gasteiger partial charge in [-0.15, -0.1) is 0 Å². The highest BCUT2D eigenvalue weighted by Gasteiger charge is 2.58. The van der Waals surface area contributed by atoms with Crippen LogP contribution in [0.2, 0.25) is 0 Å². The van der Waals surface area contributed by atoms with Crippen LogP contribution >= 0.6 is 0 Å². The molecule has 2 heteroatoms. The first-order valence-corrected chi connectivity index (χ1v) is 7.39. The molecule has 5 rings (SSSR count). The van der Waals surface area contributed by atoms with E-state index in [9.17, 15) is 9.90 Å². The molecule has 100 valence electrons. The van der Waals surface area contributed by atoms with Crippen molar-refractivity contribution in [3.8, 4) is 0 Å². The van der Waals surface area contributed by atoms with E-state index in [0.29, 0.717) is 11.8 Å². The van der Waals surface area contributed by atoms with E-state index in [1.54, 1.807) is 0 Å². The Balaban J connectivity index is 1.80. The summed E-state index contributed by atoms with van der Waals surface area (Å²) in [4.78, 5) is 11.7. The summed E-state index contributed by atoms with van der Waals surface area (Å²) in [5.41, 5.74) is 0.945. The Morgan fingerprint density at radius 3 is 2.26 bits per heavy atom. The smallest absolute Gasteiger partial charge is 0.0476 e. The van der Waals surface area contributed by atoms with Gasteiger partial charge < -0.3 is 9.90 Å². The number of hydrogen-bond donors (Lipinski definition) is 0. The summed E-state index contributed by atoms with van der Waals surface area (Å²) in [6.45, 7) is 0. The number of carbonyl (C=O) groups excluding carboxylic acids is 1. The summed E-state index contributed by atoms with van der Waals surface area (Å²) in [6.07, 6.45) is 6.13. The van der Waals surface area contributed by atoms with Gasteiger partial charge in [0.2, 0.25) is 0 Å². The molecule has 0 aromatic heterocycles. The van der Waals surface area contributed by atoms with Crippen LogP contribution in [-0.2, 0) is 10.2 Å². The molecule has 19 heavy (non-hydrogen) atoms. The zero-order valence-corrected chi connectivity index (χ0v) is 11.1. The van der Waals surface area contributed by atoms with E-state index in [-0.39, 0.29) is 5.41 Å². The lowest BCUT2D eigenvalue weighted by atomic mass is 9.43. The monoisotopic (exact) mass is 255 g/mol. The number of hydrogen-bond acceptors (Lipinski definition) is 2. The minimum Gasteiger partial charge on any atom is -0.550 e. The highest BCUT2D eigenvalue weighted by atomic mass is 16.4. The van der Waals surface area contributed by atoms with Gasteiger partial charge >= 0.3 is 0 Å². The lowest BCUT2D eigenvalue weighted by Gasteiger charge is -2.62. The van der Waals surface area contributed by atoms with Gasteiger partial charge in [0.1, 0.15) is 0 Å². The average Bonchev–Trinajstić information content (AvgIpc) is 2.38. The number of carboxylic acid groups (broad SMARTS) is 1. The number of carboxylic acids is 1. The van der Waals surface area contributed by atoms with Crippen LogP contribution in [0.25, 0.3) is 0 Å². The van der Waals surface area contributed by atoms with Crippen molar-refractivity contribution in [2.75, 3.05) is 0 Å². The van der Waals surface area contributed by atoms with Crippen LogP contribution in [0.1, 0.15) is 44.1 Å². The number of aliphatic carboxylic acids is 1. The lowest BCUT2D eigenvalue weighted by molar-refractivity contribution is -0.327. The highest BCUT2D eigenvalue weighted by molar-refractivity contribution is 5.73. The van der Waals surface area contributed by atoms with Gasteiger partial charge in [0.05, 0.1) is 0 Å². The predicted octanol–water partition coefficient (Wildman–Crippen LogP) is 2.27. The minimum absolute atomic E-state index is 0.116. The van der Waals surface area contributed by atoms with Crippen LogP contribution in [0.5, 0.6) is 0 Å². The van der Waals surface area contributed by atoms with Gasteiger partial charge in [-0.05, 0) is 61.3 Å². The quantitative estimate of drug-likeness (QED) is 0.813. The van der Waals surface area contributed by atoms with Crippen LogP contribution < -0.4 is 5.11 Å². The van der Waals surface area contributed by atoms with Gasteiger partial charge in [-0.2, -0.15) is 0 Å². The van der Waals surface area contributed by atoms with Gasteiger partial charge in [0, 0.05) is 11.4 Å². The zero-order valence-electron chi connectivity index (χ0n) is 11.1. The molecule has 1 aromatic carbocycles. The maximum atomic E-state index is 11.7. The van der Waals surface area contributed by atoms with Crippen LogP contribution in [-0.4, -0.2) is 5.97 Å². The second-order valence-corrected chi connectivity index (χ2v) is 7.18. The largest absolute Gasteiger partial charge is 0.550 e. The van der Waals surface area contributed by atoms with E-state index in [2.05, 4.69) is 24.3 Å². The molecule has 0 amide bonds. The maximum Gasteiger partial charge on any atom is 0.0476 e. The standard InChI is InChI=1S/C17H20O2/c18-15(19)17-9-12-6-13(10-17)8-16(7-12,11-17)14-4-2-1-3-5-14/h1-5,12-13H,6-11H2,(H,18,19)/p-1/t12-,13+,16?,17?. The third-order valence-electron chi connectivity index (χ3n) is 5.88. The van der Waals surface area contributed by atoms with Gasteiger partial charge in [0.25, 0.3) is 0 Å². The topological polar surface area (TPSA) is 40.1 Å². The molecule has 4 aliphatic carbocycles. The Bertz CT molecular complexity index is 505. The summed E-state index contributed by atoms with van der Waals surface area (Å²) >= 11 is 0. The highest BCUT2D eigenvalue weighted by Crippen LogP contribution is 2.65. The molecule has 4 fully saturated rings. The lowest BCUT2D eigenvalue weighted by Crippen LogP contribution is -2.59. The Labute approximate surface area is 113 Å². The molecule has 0 heterocycles. The summed E-state index contributed by atoms with van der Waals surface area (Å²) in [7, 11) is 0. The Kier molecular flexibility index (Phi) is 2.19. The Hall–Kier alpha value is -1.31.